The van der Waals surface area contributed by atoms with E-state index in [-0.39, 0.29) is 23.1 Å². The number of halogens is 3. The molecule has 0 bridgehead atoms. The maximum Gasteiger partial charge on any atom is 0.126 e. The maximum absolute atomic E-state index is 13.8. The second kappa shape index (κ2) is 6.24. The summed E-state index contributed by atoms with van der Waals surface area (Å²) in [4.78, 5) is 0. The van der Waals surface area contributed by atoms with Gasteiger partial charge in [0.2, 0.25) is 0 Å². The van der Waals surface area contributed by atoms with Crippen molar-refractivity contribution in [2.75, 3.05) is 0 Å². The van der Waals surface area contributed by atoms with Gasteiger partial charge in [0.05, 0.1) is 0 Å². The summed E-state index contributed by atoms with van der Waals surface area (Å²) in [5.74, 6) is -0.537. The van der Waals surface area contributed by atoms with E-state index in [1.165, 1.54) is 18.2 Å². The smallest absolute Gasteiger partial charge is 0.126 e. The summed E-state index contributed by atoms with van der Waals surface area (Å²) in [6.07, 6.45) is 0.412. The van der Waals surface area contributed by atoms with Crippen LogP contribution < -0.4 is 5.73 Å². The molecular weight excluding hydrogens is 336 g/mol. The van der Waals surface area contributed by atoms with Gasteiger partial charge in [0, 0.05) is 15.9 Å². The molecule has 2 rings (SSSR count). The van der Waals surface area contributed by atoms with Gasteiger partial charge in [-0.15, -0.1) is 0 Å². The SMILES string of the molecule is CC(C)(c1ccc(F)cc1)C(N)Cc1cc(Br)ccc1F. The molecule has 0 spiro atoms. The summed E-state index contributed by atoms with van der Waals surface area (Å²) in [7, 11) is 0. The Morgan fingerprint density at radius 3 is 2.33 bits per heavy atom. The normalized spacial score (nSPS) is 13.2. The van der Waals surface area contributed by atoms with E-state index in [0.29, 0.717) is 12.0 Å². The Morgan fingerprint density at radius 2 is 1.71 bits per heavy atom. The molecule has 21 heavy (non-hydrogen) atoms. The van der Waals surface area contributed by atoms with Crippen molar-refractivity contribution in [1.29, 1.82) is 0 Å². The van der Waals surface area contributed by atoms with Gasteiger partial charge < -0.3 is 5.73 Å². The Morgan fingerprint density at radius 1 is 1.10 bits per heavy atom. The van der Waals surface area contributed by atoms with E-state index in [2.05, 4.69) is 15.9 Å². The van der Waals surface area contributed by atoms with E-state index >= 15 is 0 Å². The lowest BCUT2D eigenvalue weighted by Gasteiger charge is -2.32. The Balaban J connectivity index is 2.23. The molecule has 2 aromatic carbocycles. The monoisotopic (exact) mass is 353 g/mol. The van der Waals surface area contributed by atoms with Crippen molar-refractivity contribution in [2.45, 2.75) is 31.7 Å². The van der Waals surface area contributed by atoms with E-state index in [1.807, 2.05) is 13.8 Å². The highest BCUT2D eigenvalue weighted by molar-refractivity contribution is 9.10. The van der Waals surface area contributed by atoms with E-state index < -0.39 is 0 Å². The first kappa shape index (κ1) is 16.1. The van der Waals surface area contributed by atoms with Gasteiger partial charge in [-0.3, -0.25) is 0 Å². The second-order valence-electron chi connectivity index (χ2n) is 5.77. The van der Waals surface area contributed by atoms with Gasteiger partial charge in [-0.25, -0.2) is 8.78 Å². The molecule has 0 aromatic heterocycles. The first-order chi connectivity index (χ1) is 9.80. The highest BCUT2D eigenvalue weighted by atomic mass is 79.9. The minimum atomic E-state index is -0.386. The van der Waals surface area contributed by atoms with E-state index in [0.717, 1.165) is 10.0 Å². The van der Waals surface area contributed by atoms with Crippen LogP contribution in [0.4, 0.5) is 8.78 Å². The molecule has 0 fully saturated rings. The molecule has 1 unspecified atom stereocenters. The zero-order chi connectivity index (χ0) is 15.6. The molecule has 2 N–H and O–H groups in total. The Bertz CT molecular complexity index is 623. The summed E-state index contributed by atoms with van der Waals surface area (Å²) in [6.45, 7) is 3.97. The highest BCUT2D eigenvalue weighted by Crippen LogP contribution is 2.29. The first-order valence-electron chi connectivity index (χ1n) is 6.76. The molecule has 1 atom stereocenters. The minimum Gasteiger partial charge on any atom is -0.327 e. The minimum absolute atomic E-state index is 0.261. The summed E-state index contributed by atoms with van der Waals surface area (Å²) in [5, 5.41) is 0. The van der Waals surface area contributed by atoms with Crippen LogP contribution in [-0.2, 0) is 11.8 Å². The third-order valence-corrected chi connectivity index (χ3v) is 4.46. The Labute approximate surface area is 132 Å². The molecule has 1 nitrogen and oxygen atoms in total. The van der Waals surface area contributed by atoms with Crippen molar-refractivity contribution >= 4 is 15.9 Å². The van der Waals surface area contributed by atoms with Crippen LogP contribution >= 0.6 is 15.9 Å². The summed E-state index contributed by atoms with van der Waals surface area (Å²) in [5.41, 5.74) is 7.42. The average Bonchev–Trinajstić information content (AvgIpc) is 2.43. The van der Waals surface area contributed by atoms with E-state index in [9.17, 15) is 8.78 Å². The Kier molecular flexibility index (Phi) is 4.79. The molecule has 0 radical (unpaired) electrons. The molecule has 0 aliphatic heterocycles. The molecule has 0 saturated heterocycles. The molecule has 0 aliphatic rings. The fraction of sp³-hybridized carbons (Fsp3) is 0.294. The van der Waals surface area contributed by atoms with Crippen LogP contribution in [-0.4, -0.2) is 6.04 Å². The number of nitrogens with two attached hydrogens (primary N) is 1. The third-order valence-electron chi connectivity index (χ3n) is 3.96. The standard InChI is InChI=1S/C17H18BrF2N/c1-17(2,12-3-6-14(19)7-4-12)16(21)10-11-9-13(18)5-8-15(11)20/h3-9,16H,10,21H2,1-2H3. The summed E-state index contributed by atoms with van der Waals surface area (Å²) < 4.78 is 27.7. The van der Waals surface area contributed by atoms with E-state index in [4.69, 9.17) is 5.73 Å². The average molecular weight is 354 g/mol. The molecule has 0 heterocycles. The third kappa shape index (κ3) is 3.69. The van der Waals surface area contributed by atoms with Crippen LogP contribution in [0.1, 0.15) is 25.0 Å². The quantitative estimate of drug-likeness (QED) is 0.855. The molecule has 0 amide bonds. The predicted octanol–water partition coefficient (Wildman–Crippen LogP) is 4.57. The van der Waals surface area contributed by atoms with Crippen LogP contribution in [0.25, 0.3) is 0 Å². The molecule has 2 aromatic rings. The van der Waals surface area contributed by atoms with Crippen LogP contribution in [0.15, 0.2) is 46.9 Å². The zero-order valence-corrected chi connectivity index (χ0v) is 13.6. The number of benzene rings is 2. The van der Waals surface area contributed by atoms with Crippen molar-refractivity contribution in [3.05, 3.63) is 69.7 Å². The highest BCUT2D eigenvalue weighted by Gasteiger charge is 2.29. The lowest BCUT2D eigenvalue weighted by molar-refractivity contribution is 0.401. The van der Waals surface area contributed by atoms with Crippen LogP contribution in [0.5, 0.6) is 0 Å². The number of rotatable bonds is 4. The number of hydrogen-bond acceptors (Lipinski definition) is 1. The maximum atomic E-state index is 13.8. The van der Waals surface area contributed by atoms with Crippen LogP contribution in [0.2, 0.25) is 0 Å². The van der Waals surface area contributed by atoms with Gasteiger partial charge in [0.15, 0.2) is 0 Å². The zero-order valence-electron chi connectivity index (χ0n) is 12.0. The molecule has 0 aliphatic carbocycles. The van der Waals surface area contributed by atoms with Gasteiger partial charge >= 0.3 is 0 Å². The fourth-order valence-electron chi connectivity index (χ4n) is 2.29. The van der Waals surface area contributed by atoms with Gasteiger partial charge in [-0.05, 0) is 47.9 Å². The summed E-state index contributed by atoms with van der Waals surface area (Å²) >= 11 is 3.34. The topological polar surface area (TPSA) is 26.0 Å². The second-order valence-corrected chi connectivity index (χ2v) is 6.69. The van der Waals surface area contributed by atoms with Gasteiger partial charge in [-0.1, -0.05) is 41.9 Å². The van der Waals surface area contributed by atoms with Crippen molar-refractivity contribution in [1.82, 2.24) is 0 Å². The Hall–Kier alpha value is -1.26. The van der Waals surface area contributed by atoms with Crippen LogP contribution in [0, 0.1) is 11.6 Å². The van der Waals surface area contributed by atoms with E-state index in [1.54, 1.807) is 24.3 Å². The number of hydrogen-bond donors (Lipinski definition) is 1. The fourth-order valence-corrected chi connectivity index (χ4v) is 2.69. The van der Waals surface area contributed by atoms with Crippen molar-refractivity contribution in [2.24, 2.45) is 5.73 Å². The van der Waals surface area contributed by atoms with Crippen molar-refractivity contribution < 1.29 is 8.78 Å². The van der Waals surface area contributed by atoms with Crippen molar-refractivity contribution in [3.63, 3.8) is 0 Å². The van der Waals surface area contributed by atoms with Crippen molar-refractivity contribution in [3.8, 4) is 0 Å². The molecule has 0 saturated carbocycles. The van der Waals surface area contributed by atoms with Crippen LogP contribution in [0.3, 0.4) is 0 Å². The lowest BCUT2D eigenvalue weighted by Crippen LogP contribution is -2.42. The van der Waals surface area contributed by atoms with Gasteiger partial charge in [0.25, 0.3) is 0 Å². The predicted molar refractivity (Wildman–Crippen MR) is 85.2 cm³/mol. The van der Waals surface area contributed by atoms with Gasteiger partial charge in [-0.2, -0.15) is 0 Å². The van der Waals surface area contributed by atoms with Gasteiger partial charge in [0.1, 0.15) is 11.6 Å². The first-order valence-corrected chi connectivity index (χ1v) is 7.55. The summed E-state index contributed by atoms with van der Waals surface area (Å²) in [6, 6.07) is 10.8. The molecular formula is C17H18BrF2N. The molecule has 4 heteroatoms. The lowest BCUT2D eigenvalue weighted by atomic mass is 9.76. The largest absolute Gasteiger partial charge is 0.327 e. The molecule has 112 valence electrons.